The maximum absolute atomic E-state index is 13.1. The number of carbonyl (C=O) groups is 3. The van der Waals surface area contributed by atoms with Gasteiger partial charge < -0.3 is 10.1 Å². The molecule has 5 heteroatoms. The van der Waals surface area contributed by atoms with Crippen LogP contribution in [0.3, 0.4) is 0 Å². The molecule has 0 bridgehead atoms. The van der Waals surface area contributed by atoms with E-state index in [1.807, 2.05) is 27.7 Å². The summed E-state index contributed by atoms with van der Waals surface area (Å²) in [5.74, 6) is -0.359. The second-order valence-corrected chi connectivity index (χ2v) is 6.09. The van der Waals surface area contributed by atoms with Crippen molar-refractivity contribution in [2.75, 3.05) is 7.05 Å². The van der Waals surface area contributed by atoms with E-state index >= 15 is 0 Å². The first-order valence-corrected chi connectivity index (χ1v) is 8.80. The largest absolute Gasteiger partial charge is 0.359 e. The second kappa shape index (κ2) is 12.3. The van der Waals surface area contributed by atoms with Crippen molar-refractivity contribution < 1.29 is 18.8 Å². The third-order valence-electron chi connectivity index (χ3n) is 4.19. The molecule has 2 unspecified atom stereocenters. The van der Waals surface area contributed by atoms with Crippen LogP contribution in [0.4, 0.5) is 4.39 Å². The van der Waals surface area contributed by atoms with E-state index in [0.29, 0.717) is 18.4 Å². The summed E-state index contributed by atoms with van der Waals surface area (Å²) in [6.07, 6.45) is 3.49. The van der Waals surface area contributed by atoms with Crippen molar-refractivity contribution in [3.8, 4) is 0 Å². The summed E-state index contributed by atoms with van der Waals surface area (Å²) in [7, 11) is 1.60. The molecule has 0 aromatic heterocycles. The third-order valence-corrected chi connectivity index (χ3v) is 4.19. The van der Waals surface area contributed by atoms with Crippen molar-refractivity contribution in [1.29, 1.82) is 0 Å². The minimum Gasteiger partial charge on any atom is -0.359 e. The van der Waals surface area contributed by atoms with Gasteiger partial charge in [-0.15, -0.1) is 0 Å². The summed E-state index contributed by atoms with van der Waals surface area (Å²) in [5, 5.41) is 2.52. The Bertz CT molecular complexity index is 572. The molecule has 1 amide bonds. The van der Waals surface area contributed by atoms with Gasteiger partial charge in [-0.2, -0.15) is 0 Å². The zero-order valence-electron chi connectivity index (χ0n) is 15.9. The normalized spacial score (nSPS) is 12.4. The summed E-state index contributed by atoms with van der Waals surface area (Å²) in [4.78, 5) is 32.6. The molecular weight excluding hydrogens is 321 g/mol. The minimum atomic E-state index is -0.334. The average Bonchev–Trinajstić information content (AvgIpc) is 2.64. The van der Waals surface area contributed by atoms with Crippen LogP contribution in [0.5, 0.6) is 0 Å². The molecule has 0 saturated carbocycles. The topological polar surface area (TPSA) is 63.2 Å². The molecule has 0 aliphatic rings. The van der Waals surface area contributed by atoms with E-state index in [0.717, 1.165) is 24.7 Å². The molecule has 2 atom stereocenters. The molecule has 0 aliphatic carbocycles. The van der Waals surface area contributed by atoms with Crippen LogP contribution in [-0.4, -0.2) is 25.0 Å². The summed E-state index contributed by atoms with van der Waals surface area (Å²) < 4.78 is 13.1. The van der Waals surface area contributed by atoms with Crippen LogP contribution in [-0.2, 0) is 16.0 Å². The molecule has 4 nitrogen and oxygen atoms in total. The van der Waals surface area contributed by atoms with Gasteiger partial charge >= 0.3 is 0 Å². The van der Waals surface area contributed by atoms with E-state index in [1.165, 1.54) is 12.1 Å². The molecule has 1 N–H and O–H groups in total. The Balaban J connectivity index is 0.000000504. The van der Waals surface area contributed by atoms with Crippen LogP contribution in [0.25, 0.3) is 0 Å². The van der Waals surface area contributed by atoms with Crippen molar-refractivity contribution in [2.45, 2.75) is 53.4 Å². The number of aryl methyl sites for hydroxylation is 1. The van der Waals surface area contributed by atoms with Gasteiger partial charge in [-0.3, -0.25) is 9.59 Å². The Hall–Kier alpha value is -2.04. The molecule has 0 fully saturated rings. The highest BCUT2D eigenvalue weighted by Crippen LogP contribution is 2.18. The molecule has 0 aliphatic heterocycles. The number of amides is 1. The number of hydrogen-bond donors (Lipinski definition) is 1. The summed E-state index contributed by atoms with van der Waals surface area (Å²) in [5.41, 5.74) is 1.48. The van der Waals surface area contributed by atoms with Crippen molar-refractivity contribution >= 4 is 18.0 Å². The van der Waals surface area contributed by atoms with E-state index < -0.39 is 0 Å². The second-order valence-electron chi connectivity index (χ2n) is 6.09. The Morgan fingerprint density at radius 1 is 1.20 bits per heavy atom. The van der Waals surface area contributed by atoms with E-state index in [4.69, 9.17) is 0 Å². The first kappa shape index (κ1) is 23.0. The molecular formula is C20H30FNO3. The van der Waals surface area contributed by atoms with Gasteiger partial charge in [-0.1, -0.05) is 33.8 Å². The predicted octanol–water partition coefficient (Wildman–Crippen LogP) is 3.96. The zero-order valence-corrected chi connectivity index (χ0v) is 15.9. The number of ketones is 1. The Labute approximate surface area is 150 Å². The van der Waals surface area contributed by atoms with Crippen LogP contribution in [0.1, 0.15) is 62.9 Å². The molecule has 0 radical (unpaired) electrons. The lowest BCUT2D eigenvalue weighted by molar-refractivity contribution is -0.124. The fourth-order valence-corrected chi connectivity index (χ4v) is 2.23. The fraction of sp³-hybridized carbons (Fsp3) is 0.550. The number of benzene rings is 1. The lowest BCUT2D eigenvalue weighted by Crippen LogP contribution is -2.25. The van der Waals surface area contributed by atoms with Crippen molar-refractivity contribution in [3.63, 3.8) is 0 Å². The van der Waals surface area contributed by atoms with E-state index in [1.54, 1.807) is 13.1 Å². The summed E-state index contributed by atoms with van der Waals surface area (Å²) >= 11 is 0. The smallest absolute Gasteiger partial charge is 0.222 e. The van der Waals surface area contributed by atoms with Gasteiger partial charge in [0.2, 0.25) is 5.91 Å². The van der Waals surface area contributed by atoms with Gasteiger partial charge in [0.05, 0.1) is 0 Å². The Kier molecular flexibility index (Phi) is 11.3. The highest BCUT2D eigenvalue weighted by atomic mass is 19.1. The summed E-state index contributed by atoms with van der Waals surface area (Å²) in [6.45, 7) is 7.63. The molecule has 1 aromatic rings. The van der Waals surface area contributed by atoms with E-state index in [9.17, 15) is 18.8 Å². The van der Waals surface area contributed by atoms with Crippen LogP contribution in [0.15, 0.2) is 18.2 Å². The molecule has 1 aromatic carbocycles. The summed E-state index contributed by atoms with van der Waals surface area (Å²) in [6, 6.07) is 4.46. The fourth-order valence-electron chi connectivity index (χ4n) is 2.23. The molecule has 25 heavy (non-hydrogen) atoms. The molecule has 0 heterocycles. The van der Waals surface area contributed by atoms with E-state index in [2.05, 4.69) is 5.32 Å². The van der Waals surface area contributed by atoms with Gasteiger partial charge in [0.1, 0.15) is 12.1 Å². The molecule has 0 spiro atoms. The van der Waals surface area contributed by atoms with Gasteiger partial charge in [-0.05, 0) is 37.0 Å². The van der Waals surface area contributed by atoms with Gasteiger partial charge in [0.15, 0.2) is 5.78 Å². The monoisotopic (exact) mass is 351 g/mol. The average molecular weight is 351 g/mol. The van der Waals surface area contributed by atoms with Crippen molar-refractivity contribution in [2.24, 2.45) is 11.8 Å². The minimum absolute atomic E-state index is 0.00171. The lowest BCUT2D eigenvalue weighted by Gasteiger charge is -2.11. The van der Waals surface area contributed by atoms with Crippen LogP contribution in [0, 0.1) is 17.7 Å². The Morgan fingerprint density at radius 2 is 1.84 bits per heavy atom. The Morgan fingerprint density at radius 3 is 2.32 bits per heavy atom. The number of rotatable bonds is 8. The standard InChI is InChI=1S/C13H17FO.C7H13NO2/c1-4-9(3)13(15)12-8-11(14)7-6-10(12)5-2;1-6(4-3-5-9)7(10)8-2/h6-9H,4-5H2,1-3H3;5-6H,3-4H2,1-2H3,(H,8,10). The maximum atomic E-state index is 13.1. The number of hydrogen-bond acceptors (Lipinski definition) is 3. The molecule has 140 valence electrons. The van der Waals surface area contributed by atoms with Crippen LogP contribution < -0.4 is 5.32 Å². The maximum Gasteiger partial charge on any atom is 0.222 e. The third kappa shape index (κ3) is 8.05. The first-order chi connectivity index (χ1) is 11.8. The number of aldehydes is 1. The van der Waals surface area contributed by atoms with Crippen molar-refractivity contribution in [1.82, 2.24) is 5.32 Å². The van der Waals surface area contributed by atoms with Gasteiger partial charge in [-0.25, -0.2) is 4.39 Å². The number of Topliss-reactive ketones (excluding diaryl/α,β-unsaturated/α-hetero) is 1. The number of carbonyl (C=O) groups excluding carboxylic acids is 3. The number of nitrogens with one attached hydrogen (secondary N) is 1. The zero-order chi connectivity index (χ0) is 19.4. The van der Waals surface area contributed by atoms with Gasteiger partial charge in [0.25, 0.3) is 0 Å². The predicted molar refractivity (Wildman–Crippen MR) is 98.1 cm³/mol. The lowest BCUT2D eigenvalue weighted by atomic mass is 9.92. The molecule has 1 rings (SSSR count). The van der Waals surface area contributed by atoms with Crippen LogP contribution in [0.2, 0.25) is 0 Å². The van der Waals surface area contributed by atoms with Gasteiger partial charge in [0, 0.05) is 30.9 Å². The number of halogens is 1. The SMILES string of the molecule is CCc1ccc(F)cc1C(=O)C(C)CC.CNC(=O)C(C)CCC=O. The highest BCUT2D eigenvalue weighted by Gasteiger charge is 2.16. The van der Waals surface area contributed by atoms with Crippen molar-refractivity contribution in [3.05, 3.63) is 35.1 Å². The highest BCUT2D eigenvalue weighted by molar-refractivity contribution is 5.98. The van der Waals surface area contributed by atoms with E-state index in [-0.39, 0.29) is 29.3 Å². The first-order valence-electron chi connectivity index (χ1n) is 8.80. The van der Waals surface area contributed by atoms with Crippen LogP contribution >= 0.6 is 0 Å². The quantitative estimate of drug-likeness (QED) is 0.569. The molecule has 0 saturated heterocycles.